The number of carboxylic acids is 1. The summed E-state index contributed by atoms with van der Waals surface area (Å²) in [4.78, 5) is 11.4. The van der Waals surface area contributed by atoms with Gasteiger partial charge in [-0.05, 0) is 24.6 Å². The topological polar surface area (TPSA) is 83.5 Å². The van der Waals surface area contributed by atoms with E-state index in [9.17, 15) is 22.7 Å². The molecule has 3 rings (SSSR count). The Morgan fingerprint density at radius 3 is 2.33 bits per heavy atom. The van der Waals surface area contributed by atoms with Crippen LogP contribution in [0.1, 0.15) is 18.0 Å². The fourth-order valence-electron chi connectivity index (χ4n) is 3.04. The Hall–Kier alpha value is -2.25. The highest BCUT2D eigenvalue weighted by Gasteiger charge is 2.46. The van der Waals surface area contributed by atoms with Gasteiger partial charge in [0.15, 0.2) is 9.84 Å². The lowest BCUT2D eigenvalue weighted by molar-refractivity contribution is -0.139. The number of benzene rings is 2. The highest BCUT2D eigenvalue weighted by atomic mass is 32.2. The maximum Gasteiger partial charge on any atom is 0.320 e. The first-order valence-corrected chi connectivity index (χ1v) is 8.98. The molecule has 24 heavy (non-hydrogen) atoms. The molecule has 1 aliphatic rings. The molecule has 1 aliphatic heterocycles. The quantitative estimate of drug-likeness (QED) is 0.884. The minimum absolute atomic E-state index is 0.101. The summed E-state index contributed by atoms with van der Waals surface area (Å²) >= 11 is 0. The van der Waals surface area contributed by atoms with Crippen LogP contribution in [0.5, 0.6) is 0 Å². The predicted molar refractivity (Wildman–Crippen MR) is 85.7 cm³/mol. The average molecular weight is 349 g/mol. The Balaban J connectivity index is 2.06. The van der Waals surface area contributed by atoms with Gasteiger partial charge in [0.1, 0.15) is 11.9 Å². The molecule has 0 bridgehead atoms. The van der Waals surface area contributed by atoms with Crippen LogP contribution in [0, 0.1) is 5.82 Å². The van der Waals surface area contributed by atoms with E-state index < -0.39 is 39.0 Å². The Labute approximate surface area is 139 Å². The number of carbonyl (C=O) groups is 1. The zero-order chi connectivity index (χ0) is 17.3. The van der Waals surface area contributed by atoms with Gasteiger partial charge in [0.25, 0.3) is 0 Å². The summed E-state index contributed by atoms with van der Waals surface area (Å²) in [7, 11) is -3.81. The highest BCUT2D eigenvalue weighted by molar-refractivity contribution is 7.92. The van der Waals surface area contributed by atoms with Gasteiger partial charge in [0, 0.05) is 5.56 Å². The number of aliphatic carboxylic acids is 1. The third-order valence-electron chi connectivity index (χ3n) is 4.23. The van der Waals surface area contributed by atoms with Crippen molar-refractivity contribution in [3.05, 3.63) is 66.0 Å². The van der Waals surface area contributed by atoms with E-state index in [1.807, 2.05) is 0 Å². The maximum absolute atomic E-state index is 14.2. The fraction of sp³-hybridized carbons (Fsp3) is 0.235. The van der Waals surface area contributed by atoms with Crippen LogP contribution in [-0.4, -0.2) is 30.8 Å². The first-order chi connectivity index (χ1) is 11.4. The third-order valence-corrected chi connectivity index (χ3v) is 6.42. The van der Waals surface area contributed by atoms with Gasteiger partial charge in [0.2, 0.25) is 0 Å². The molecule has 1 fully saturated rings. The lowest BCUT2D eigenvalue weighted by atomic mass is 10.0. The van der Waals surface area contributed by atoms with Gasteiger partial charge < -0.3 is 5.11 Å². The average Bonchev–Trinajstić information content (AvgIpc) is 3.02. The predicted octanol–water partition coefficient (Wildman–Crippen LogP) is 2.16. The van der Waals surface area contributed by atoms with E-state index in [1.54, 1.807) is 24.3 Å². The molecular formula is C17H16FNO4S. The zero-order valence-electron chi connectivity index (χ0n) is 12.6. The minimum atomic E-state index is -3.81. The second kappa shape index (κ2) is 6.33. The molecule has 3 atom stereocenters. The Morgan fingerprint density at radius 1 is 1.08 bits per heavy atom. The molecule has 0 saturated carbocycles. The first-order valence-electron chi connectivity index (χ1n) is 7.43. The van der Waals surface area contributed by atoms with Gasteiger partial charge >= 0.3 is 5.97 Å². The van der Waals surface area contributed by atoms with Crippen LogP contribution < -0.4 is 5.32 Å². The van der Waals surface area contributed by atoms with Gasteiger partial charge in [-0.3, -0.25) is 10.1 Å². The van der Waals surface area contributed by atoms with Crippen molar-refractivity contribution in [2.45, 2.75) is 28.6 Å². The van der Waals surface area contributed by atoms with Crippen molar-refractivity contribution in [2.24, 2.45) is 0 Å². The number of sulfone groups is 1. The molecule has 2 unspecified atom stereocenters. The highest BCUT2D eigenvalue weighted by Crippen LogP contribution is 2.36. The van der Waals surface area contributed by atoms with E-state index in [1.165, 1.54) is 30.3 Å². The smallest absolute Gasteiger partial charge is 0.320 e. The van der Waals surface area contributed by atoms with Gasteiger partial charge in [-0.25, -0.2) is 12.8 Å². The van der Waals surface area contributed by atoms with Crippen molar-refractivity contribution in [3.8, 4) is 0 Å². The van der Waals surface area contributed by atoms with Gasteiger partial charge in [0.05, 0.1) is 16.2 Å². The van der Waals surface area contributed by atoms with E-state index in [0.29, 0.717) is 0 Å². The summed E-state index contributed by atoms with van der Waals surface area (Å²) in [5.41, 5.74) is 0.158. The molecule has 2 aromatic carbocycles. The molecule has 0 aliphatic carbocycles. The molecule has 0 amide bonds. The van der Waals surface area contributed by atoms with Gasteiger partial charge in [-0.1, -0.05) is 36.4 Å². The largest absolute Gasteiger partial charge is 0.480 e. The van der Waals surface area contributed by atoms with Crippen molar-refractivity contribution in [1.29, 1.82) is 0 Å². The number of nitrogens with one attached hydrogen (secondary N) is 1. The zero-order valence-corrected chi connectivity index (χ0v) is 13.4. The SMILES string of the molecule is O=C(O)[C@@H]1CC(S(=O)(=O)c2ccccc2)C(c2ccccc2F)N1. The van der Waals surface area contributed by atoms with Crippen molar-refractivity contribution in [2.75, 3.05) is 0 Å². The van der Waals surface area contributed by atoms with Crippen molar-refractivity contribution < 1.29 is 22.7 Å². The first kappa shape index (κ1) is 16.6. The lowest BCUT2D eigenvalue weighted by Gasteiger charge is -2.20. The third kappa shape index (κ3) is 2.92. The van der Waals surface area contributed by atoms with Crippen LogP contribution in [0.4, 0.5) is 4.39 Å². The van der Waals surface area contributed by atoms with E-state index in [0.717, 1.165) is 0 Å². The molecule has 0 radical (unpaired) electrons. The Kier molecular flexibility index (Phi) is 4.38. The van der Waals surface area contributed by atoms with Crippen LogP contribution in [-0.2, 0) is 14.6 Å². The number of carboxylic acid groups (broad SMARTS) is 1. The second-order valence-electron chi connectivity index (χ2n) is 5.69. The maximum atomic E-state index is 14.2. The molecule has 7 heteroatoms. The standard InChI is InChI=1S/C17H16FNO4S/c18-13-9-5-4-8-12(13)16-15(10-14(19-16)17(20)21)24(22,23)11-6-2-1-3-7-11/h1-9,14-16,19H,10H2,(H,20,21)/t14-,15?,16?/m0/s1. The second-order valence-corrected chi connectivity index (χ2v) is 7.86. The molecule has 0 spiro atoms. The summed E-state index contributed by atoms with van der Waals surface area (Å²) < 4.78 is 40.0. The van der Waals surface area contributed by atoms with Crippen molar-refractivity contribution in [1.82, 2.24) is 5.32 Å². The van der Waals surface area contributed by atoms with Crippen LogP contribution >= 0.6 is 0 Å². The molecule has 2 N–H and O–H groups in total. The number of hydrogen-bond acceptors (Lipinski definition) is 4. The van der Waals surface area contributed by atoms with Crippen LogP contribution in [0.2, 0.25) is 0 Å². The Bertz CT molecular complexity index is 854. The monoisotopic (exact) mass is 349 g/mol. The van der Waals surface area contributed by atoms with E-state index >= 15 is 0 Å². The molecule has 126 valence electrons. The molecule has 5 nitrogen and oxygen atoms in total. The van der Waals surface area contributed by atoms with E-state index in [4.69, 9.17) is 0 Å². The molecule has 2 aromatic rings. The molecule has 1 saturated heterocycles. The van der Waals surface area contributed by atoms with Crippen LogP contribution in [0.15, 0.2) is 59.5 Å². The molecular weight excluding hydrogens is 333 g/mol. The summed E-state index contributed by atoms with van der Waals surface area (Å²) in [6.07, 6.45) is -0.119. The van der Waals surface area contributed by atoms with E-state index in [2.05, 4.69) is 5.32 Å². The Morgan fingerprint density at radius 2 is 1.71 bits per heavy atom. The van der Waals surface area contributed by atoms with Crippen molar-refractivity contribution >= 4 is 15.8 Å². The fourth-order valence-corrected chi connectivity index (χ4v) is 4.96. The van der Waals surface area contributed by atoms with Crippen LogP contribution in [0.25, 0.3) is 0 Å². The van der Waals surface area contributed by atoms with Crippen molar-refractivity contribution in [3.63, 3.8) is 0 Å². The summed E-state index contributed by atoms with van der Waals surface area (Å²) in [6.45, 7) is 0. The lowest BCUT2D eigenvalue weighted by Crippen LogP contribution is -2.33. The summed E-state index contributed by atoms with van der Waals surface area (Å²) in [5.74, 6) is -1.71. The van der Waals surface area contributed by atoms with Gasteiger partial charge in [-0.15, -0.1) is 0 Å². The van der Waals surface area contributed by atoms with E-state index in [-0.39, 0.29) is 16.9 Å². The summed E-state index contributed by atoms with van der Waals surface area (Å²) in [6, 6.07) is 11.7. The normalized spacial score (nSPS) is 24.0. The molecule has 0 aromatic heterocycles. The summed E-state index contributed by atoms with van der Waals surface area (Å²) in [5, 5.41) is 10.9. The molecule has 1 heterocycles. The number of rotatable bonds is 4. The van der Waals surface area contributed by atoms with Crippen LogP contribution in [0.3, 0.4) is 0 Å². The number of hydrogen-bond donors (Lipinski definition) is 2. The van der Waals surface area contributed by atoms with Gasteiger partial charge in [-0.2, -0.15) is 0 Å². The number of halogens is 1. The minimum Gasteiger partial charge on any atom is -0.480 e.